The topological polar surface area (TPSA) is 68.3 Å². The van der Waals surface area contributed by atoms with Crippen LogP contribution in [-0.2, 0) is 0 Å². The molecule has 2 N–H and O–H groups in total. The molecule has 26 heavy (non-hydrogen) atoms. The smallest absolute Gasteiger partial charge is 0.163 e. The van der Waals surface area contributed by atoms with Gasteiger partial charge in [-0.3, -0.25) is 0 Å². The van der Waals surface area contributed by atoms with Crippen LogP contribution >= 0.6 is 23.2 Å². The second kappa shape index (κ2) is 7.27. The van der Waals surface area contributed by atoms with E-state index < -0.39 is 0 Å². The fourth-order valence-electron chi connectivity index (χ4n) is 2.49. The summed E-state index contributed by atoms with van der Waals surface area (Å²) in [6.45, 7) is 1.11. The van der Waals surface area contributed by atoms with Gasteiger partial charge in [-0.25, -0.2) is 9.97 Å². The normalized spacial score (nSPS) is 12.5. The number of halogens is 2. The average Bonchev–Trinajstić information content (AvgIpc) is 2.64. The van der Waals surface area contributed by atoms with Gasteiger partial charge in [0.1, 0.15) is 31.2 Å². The molecule has 3 aromatic rings. The number of aromatic nitrogens is 2. The summed E-state index contributed by atoms with van der Waals surface area (Å²) in [5.41, 5.74) is 1.54. The number of nitrogens with one attached hydrogen (secondary N) is 2. The van der Waals surface area contributed by atoms with E-state index in [4.69, 9.17) is 32.7 Å². The van der Waals surface area contributed by atoms with Crippen molar-refractivity contribution >= 4 is 46.2 Å². The van der Waals surface area contributed by atoms with Gasteiger partial charge in [0.2, 0.25) is 0 Å². The van der Waals surface area contributed by atoms with Gasteiger partial charge in [0.15, 0.2) is 11.5 Å². The molecule has 2 aromatic carbocycles. The Balaban J connectivity index is 1.52. The maximum Gasteiger partial charge on any atom is 0.163 e. The molecule has 1 aliphatic rings. The first kappa shape index (κ1) is 16.8. The van der Waals surface area contributed by atoms with Crippen LogP contribution in [0.25, 0.3) is 0 Å². The summed E-state index contributed by atoms with van der Waals surface area (Å²) < 4.78 is 11.1. The minimum atomic E-state index is 0.512. The van der Waals surface area contributed by atoms with Crippen molar-refractivity contribution in [1.82, 2.24) is 9.97 Å². The molecule has 0 spiro atoms. The summed E-state index contributed by atoms with van der Waals surface area (Å²) in [6, 6.07) is 12.6. The largest absolute Gasteiger partial charge is 0.486 e. The van der Waals surface area contributed by atoms with Gasteiger partial charge in [0, 0.05) is 22.8 Å². The Morgan fingerprint density at radius 3 is 2.38 bits per heavy atom. The maximum atomic E-state index is 6.18. The maximum absolute atomic E-state index is 6.18. The van der Waals surface area contributed by atoms with Gasteiger partial charge < -0.3 is 20.1 Å². The van der Waals surface area contributed by atoms with E-state index >= 15 is 0 Å². The quantitative estimate of drug-likeness (QED) is 0.652. The van der Waals surface area contributed by atoms with Gasteiger partial charge in [0.25, 0.3) is 0 Å². The Bertz CT molecular complexity index is 952. The third-order valence-electron chi connectivity index (χ3n) is 3.68. The third kappa shape index (κ3) is 3.76. The lowest BCUT2D eigenvalue weighted by Crippen LogP contribution is -2.15. The van der Waals surface area contributed by atoms with E-state index in [2.05, 4.69) is 20.6 Å². The average molecular weight is 389 g/mol. The highest BCUT2D eigenvalue weighted by Crippen LogP contribution is 2.34. The van der Waals surface area contributed by atoms with Gasteiger partial charge >= 0.3 is 0 Å². The summed E-state index contributed by atoms with van der Waals surface area (Å²) >= 11 is 12.1. The van der Waals surface area contributed by atoms with Crippen molar-refractivity contribution in [3.05, 3.63) is 58.8 Å². The molecule has 6 nitrogen and oxygen atoms in total. The first-order chi connectivity index (χ1) is 12.7. The number of fused-ring (bicyclic) bond motifs is 1. The minimum absolute atomic E-state index is 0.512. The molecule has 8 heteroatoms. The van der Waals surface area contributed by atoms with E-state index in [0.29, 0.717) is 46.3 Å². The van der Waals surface area contributed by atoms with E-state index in [1.54, 1.807) is 24.3 Å². The number of nitrogens with zero attached hydrogens (tertiary/aromatic N) is 2. The SMILES string of the molecule is Clc1ccc(Nc2cc(Nc3ccc4c(c3)OCCO4)ncn2)c(Cl)c1. The second-order valence-electron chi connectivity index (χ2n) is 5.52. The Morgan fingerprint density at radius 2 is 1.58 bits per heavy atom. The van der Waals surface area contributed by atoms with Gasteiger partial charge in [-0.15, -0.1) is 0 Å². The summed E-state index contributed by atoms with van der Waals surface area (Å²) in [5.74, 6) is 2.68. The zero-order chi connectivity index (χ0) is 17.9. The van der Waals surface area contributed by atoms with Crippen molar-refractivity contribution in [3.8, 4) is 11.5 Å². The fourth-order valence-corrected chi connectivity index (χ4v) is 2.95. The van der Waals surface area contributed by atoms with Gasteiger partial charge in [-0.1, -0.05) is 23.2 Å². The first-order valence-corrected chi connectivity index (χ1v) is 8.64. The molecule has 0 aliphatic carbocycles. The molecule has 1 aromatic heterocycles. The number of rotatable bonds is 4. The predicted octanol–water partition coefficient (Wildman–Crippen LogP) is 5.04. The number of benzene rings is 2. The lowest BCUT2D eigenvalue weighted by molar-refractivity contribution is 0.171. The number of ether oxygens (including phenoxy) is 2. The van der Waals surface area contributed by atoms with Crippen molar-refractivity contribution < 1.29 is 9.47 Å². The lowest BCUT2D eigenvalue weighted by atomic mass is 10.2. The van der Waals surface area contributed by atoms with E-state index in [-0.39, 0.29) is 0 Å². The van der Waals surface area contributed by atoms with Crippen LogP contribution < -0.4 is 20.1 Å². The molecular formula is C18H14Cl2N4O2. The predicted molar refractivity (Wildman–Crippen MR) is 102 cm³/mol. The summed E-state index contributed by atoms with van der Waals surface area (Å²) in [7, 11) is 0. The van der Waals surface area contributed by atoms with Crippen LogP contribution in [0.3, 0.4) is 0 Å². The molecule has 1 aliphatic heterocycles. The van der Waals surface area contributed by atoms with Crippen molar-refractivity contribution in [1.29, 1.82) is 0 Å². The highest BCUT2D eigenvalue weighted by Gasteiger charge is 2.12. The van der Waals surface area contributed by atoms with Crippen LogP contribution in [0.5, 0.6) is 11.5 Å². The number of anilines is 4. The molecule has 4 rings (SSSR count). The molecule has 0 bridgehead atoms. The lowest BCUT2D eigenvalue weighted by Gasteiger charge is -2.19. The van der Waals surface area contributed by atoms with Gasteiger partial charge in [-0.2, -0.15) is 0 Å². The highest BCUT2D eigenvalue weighted by molar-refractivity contribution is 6.36. The van der Waals surface area contributed by atoms with Crippen LogP contribution in [0.1, 0.15) is 0 Å². The van der Waals surface area contributed by atoms with Crippen LogP contribution in [-0.4, -0.2) is 23.2 Å². The molecule has 0 unspecified atom stereocenters. The molecule has 2 heterocycles. The van der Waals surface area contributed by atoms with Crippen molar-refractivity contribution in [3.63, 3.8) is 0 Å². The molecule has 0 radical (unpaired) electrons. The zero-order valence-electron chi connectivity index (χ0n) is 13.5. The second-order valence-corrected chi connectivity index (χ2v) is 6.36. The Kier molecular flexibility index (Phi) is 4.69. The molecule has 0 saturated carbocycles. The molecule has 0 atom stereocenters. The van der Waals surface area contributed by atoms with E-state index in [1.165, 1.54) is 6.33 Å². The molecule has 0 fully saturated rings. The van der Waals surface area contributed by atoms with E-state index in [0.717, 1.165) is 11.4 Å². The Morgan fingerprint density at radius 1 is 0.808 bits per heavy atom. The van der Waals surface area contributed by atoms with Crippen LogP contribution in [0.4, 0.5) is 23.0 Å². The standard InChI is InChI=1S/C18H14Cl2N4O2/c19-11-1-3-14(13(20)7-11)24-18-9-17(21-10-22-18)23-12-2-4-15-16(8-12)26-6-5-25-15/h1-4,7-10H,5-6H2,(H2,21,22,23,24). The van der Waals surface area contributed by atoms with Crippen LogP contribution in [0.2, 0.25) is 10.0 Å². The van der Waals surface area contributed by atoms with Crippen molar-refractivity contribution in [2.24, 2.45) is 0 Å². The molecule has 132 valence electrons. The van der Waals surface area contributed by atoms with Crippen LogP contribution in [0, 0.1) is 0 Å². The molecule has 0 amide bonds. The van der Waals surface area contributed by atoms with Crippen LogP contribution in [0.15, 0.2) is 48.8 Å². The Labute approximate surface area is 160 Å². The Hall–Kier alpha value is -2.70. The number of hydrogen-bond donors (Lipinski definition) is 2. The zero-order valence-corrected chi connectivity index (χ0v) is 15.0. The van der Waals surface area contributed by atoms with Gasteiger partial charge in [0.05, 0.1) is 10.7 Å². The first-order valence-electron chi connectivity index (χ1n) is 7.88. The molecular weight excluding hydrogens is 375 g/mol. The van der Waals surface area contributed by atoms with Crippen molar-refractivity contribution in [2.45, 2.75) is 0 Å². The highest BCUT2D eigenvalue weighted by atomic mass is 35.5. The summed E-state index contributed by atoms with van der Waals surface area (Å²) in [6.07, 6.45) is 1.46. The monoisotopic (exact) mass is 388 g/mol. The number of hydrogen-bond acceptors (Lipinski definition) is 6. The minimum Gasteiger partial charge on any atom is -0.486 e. The van der Waals surface area contributed by atoms with E-state index in [9.17, 15) is 0 Å². The molecule has 0 saturated heterocycles. The van der Waals surface area contributed by atoms with Crippen molar-refractivity contribution in [2.75, 3.05) is 23.8 Å². The van der Waals surface area contributed by atoms with E-state index in [1.807, 2.05) is 18.2 Å². The third-order valence-corrected chi connectivity index (χ3v) is 4.22. The fraction of sp³-hybridized carbons (Fsp3) is 0.111. The summed E-state index contributed by atoms with van der Waals surface area (Å²) in [5, 5.41) is 7.46. The summed E-state index contributed by atoms with van der Waals surface area (Å²) in [4.78, 5) is 8.45. The van der Waals surface area contributed by atoms with Gasteiger partial charge in [-0.05, 0) is 30.3 Å².